The van der Waals surface area contributed by atoms with Gasteiger partial charge in [0.1, 0.15) is 12.7 Å². The summed E-state index contributed by atoms with van der Waals surface area (Å²) in [7, 11) is -4.79. The normalized spacial score (nSPS) is 14.4. The molecular weight excluding hydrogens is 1000 g/mol. The molecule has 0 bridgehead atoms. The number of rotatable bonds is 53. The number of aliphatic hydroxyl groups is 1. The largest absolute Gasteiger partial charge is 0.472 e. The maximum absolute atomic E-state index is 12.9. The van der Waals surface area contributed by atoms with Crippen molar-refractivity contribution in [2.24, 2.45) is 0 Å². The van der Waals surface area contributed by atoms with Gasteiger partial charge in [-0.3, -0.25) is 23.4 Å². The van der Waals surface area contributed by atoms with Crippen LogP contribution < -0.4 is 0 Å². The topological polar surface area (TPSA) is 155 Å². The van der Waals surface area contributed by atoms with E-state index >= 15 is 0 Å². The maximum atomic E-state index is 12.9. The van der Waals surface area contributed by atoms with Crippen LogP contribution in [0.25, 0.3) is 0 Å². The summed E-state index contributed by atoms with van der Waals surface area (Å²) in [6, 6.07) is 0. The molecule has 2 N–H and O–H groups in total. The molecule has 0 aromatic heterocycles. The van der Waals surface area contributed by atoms with E-state index in [1.54, 1.807) is 0 Å². The summed E-state index contributed by atoms with van der Waals surface area (Å²) in [5, 5.41) is 9.81. The predicted octanol–water partition coefficient (Wildman–Crippen LogP) is 17.9. The molecule has 0 rings (SSSR count). The highest BCUT2D eigenvalue weighted by Crippen LogP contribution is 2.43. The first-order chi connectivity index (χ1) is 38.2. The molecular formula is C66H105O11P. The van der Waals surface area contributed by atoms with Crippen LogP contribution in [0.15, 0.2) is 146 Å². The van der Waals surface area contributed by atoms with E-state index in [0.29, 0.717) is 19.3 Å². The summed E-state index contributed by atoms with van der Waals surface area (Å²) in [4.78, 5) is 48.6. The van der Waals surface area contributed by atoms with Gasteiger partial charge in [-0.15, -0.1) is 0 Å². The van der Waals surface area contributed by atoms with Crippen LogP contribution in [0.2, 0.25) is 0 Å². The smallest absolute Gasteiger partial charge is 0.462 e. The van der Waals surface area contributed by atoms with E-state index < -0.39 is 64.4 Å². The number of aliphatic hydroxyl groups excluding tert-OH is 1. The van der Waals surface area contributed by atoms with Crippen molar-refractivity contribution in [1.29, 1.82) is 0 Å². The number of esters is 3. The Labute approximate surface area is 473 Å². The van der Waals surface area contributed by atoms with Gasteiger partial charge in [-0.1, -0.05) is 212 Å². The zero-order valence-electron chi connectivity index (χ0n) is 48.6. The highest BCUT2D eigenvalue weighted by molar-refractivity contribution is 7.47. The van der Waals surface area contributed by atoms with E-state index in [0.717, 1.165) is 128 Å². The number of phosphoric ester groups is 1. The minimum Gasteiger partial charge on any atom is -0.462 e. The lowest BCUT2D eigenvalue weighted by molar-refractivity contribution is -0.161. The lowest BCUT2D eigenvalue weighted by Crippen LogP contribution is -2.30. The minimum absolute atomic E-state index is 0.0880. The summed E-state index contributed by atoms with van der Waals surface area (Å²) in [5.74, 6) is -1.63. The van der Waals surface area contributed by atoms with Crippen molar-refractivity contribution in [3.8, 4) is 0 Å². The monoisotopic (exact) mass is 1100 g/mol. The van der Waals surface area contributed by atoms with E-state index in [4.69, 9.17) is 23.3 Å². The first-order valence-electron chi connectivity index (χ1n) is 29.7. The fourth-order valence-corrected chi connectivity index (χ4v) is 8.07. The van der Waals surface area contributed by atoms with Crippen molar-refractivity contribution in [3.05, 3.63) is 146 Å². The Morgan fingerprint density at radius 1 is 0.372 bits per heavy atom. The van der Waals surface area contributed by atoms with E-state index in [1.165, 1.54) is 25.7 Å². The minimum atomic E-state index is -4.79. The van der Waals surface area contributed by atoms with Crippen LogP contribution in [0.4, 0.5) is 0 Å². The summed E-state index contributed by atoms with van der Waals surface area (Å²) in [6.45, 7) is 4.23. The van der Waals surface area contributed by atoms with Gasteiger partial charge in [0, 0.05) is 19.3 Å². The quantitative estimate of drug-likeness (QED) is 0.0197. The van der Waals surface area contributed by atoms with Crippen LogP contribution in [0, 0.1) is 0 Å². The van der Waals surface area contributed by atoms with Crippen molar-refractivity contribution in [3.63, 3.8) is 0 Å². The third kappa shape index (κ3) is 56.1. The number of phosphoric acid groups is 1. The molecule has 0 heterocycles. The Morgan fingerprint density at radius 3 is 1.09 bits per heavy atom. The van der Waals surface area contributed by atoms with Crippen LogP contribution in [0.5, 0.6) is 0 Å². The molecule has 12 heteroatoms. The number of hydrogen-bond acceptors (Lipinski definition) is 10. The van der Waals surface area contributed by atoms with Crippen molar-refractivity contribution in [2.45, 2.75) is 226 Å². The number of ether oxygens (including phenoxy) is 3. The Morgan fingerprint density at radius 2 is 0.692 bits per heavy atom. The molecule has 0 saturated carbocycles. The van der Waals surface area contributed by atoms with Crippen molar-refractivity contribution in [2.75, 3.05) is 26.4 Å². The molecule has 78 heavy (non-hydrogen) atoms. The maximum Gasteiger partial charge on any atom is 0.472 e. The van der Waals surface area contributed by atoms with Gasteiger partial charge >= 0.3 is 25.7 Å². The molecule has 440 valence electrons. The van der Waals surface area contributed by atoms with Gasteiger partial charge in [-0.2, -0.15) is 0 Å². The Balaban J connectivity index is 4.91. The molecule has 0 fully saturated rings. The van der Waals surface area contributed by atoms with Gasteiger partial charge < -0.3 is 24.2 Å². The van der Waals surface area contributed by atoms with Gasteiger partial charge in [0.2, 0.25) is 0 Å². The van der Waals surface area contributed by atoms with Crippen LogP contribution in [-0.2, 0) is 42.2 Å². The van der Waals surface area contributed by atoms with Gasteiger partial charge in [0.05, 0.1) is 19.8 Å². The summed E-state index contributed by atoms with van der Waals surface area (Å²) in [5.41, 5.74) is 0. The zero-order valence-corrected chi connectivity index (χ0v) is 49.5. The number of carbonyl (C=O) groups excluding carboxylic acids is 3. The molecule has 0 spiro atoms. The third-order valence-corrected chi connectivity index (χ3v) is 12.7. The summed E-state index contributed by atoms with van der Waals surface area (Å²) < 4.78 is 39.4. The van der Waals surface area contributed by atoms with E-state index in [-0.39, 0.29) is 19.3 Å². The highest BCUT2D eigenvalue weighted by atomic mass is 31.2. The average molecular weight is 1110 g/mol. The standard InChI is InChI=1S/C66H105O11P/c1-4-7-10-13-16-19-22-25-27-29-31-33-35-38-40-43-46-49-52-55-64(68)73-59-63(77-66(70)57-54-51-48-45-42-39-36-34-32-30-28-26-23-20-17-14-11-8-5-2)61-75-78(71,72)74-60-62(58-67)76-65(69)56-53-50-47-44-41-37-24-21-18-15-12-9-6-3/h7,9-10,12,16-21,25-28,31-34,37-38,40-41,46,49,62-63,67H,4-6,8,11,13-15,22-24,29-30,35-36,39,42-45,47-48,50-61H2,1-3H3,(H,71,72)/b10-7-,12-9-,19-16-,20-17-,21-18-,27-25-,28-26-,33-31-,34-32-,40-38-,41-37-,49-46-. The fraction of sp³-hybridized carbons (Fsp3) is 0.591. The molecule has 0 aromatic rings. The average Bonchev–Trinajstić information content (AvgIpc) is 3.43. The van der Waals surface area contributed by atoms with Gasteiger partial charge in [0.15, 0.2) is 6.10 Å². The van der Waals surface area contributed by atoms with Crippen LogP contribution in [0.1, 0.15) is 213 Å². The molecule has 3 unspecified atom stereocenters. The Hall–Kier alpha value is -4.64. The number of allylic oxidation sites excluding steroid dienone is 24. The van der Waals surface area contributed by atoms with Crippen LogP contribution in [-0.4, -0.2) is 66.5 Å². The zero-order chi connectivity index (χ0) is 56.9. The van der Waals surface area contributed by atoms with Crippen molar-refractivity contribution >= 4 is 25.7 Å². The molecule has 0 radical (unpaired) electrons. The third-order valence-electron chi connectivity index (χ3n) is 11.7. The van der Waals surface area contributed by atoms with Gasteiger partial charge in [-0.25, -0.2) is 4.57 Å². The number of hydrogen-bond donors (Lipinski definition) is 2. The highest BCUT2D eigenvalue weighted by Gasteiger charge is 2.28. The molecule has 0 aliphatic heterocycles. The molecule has 0 aliphatic rings. The summed E-state index contributed by atoms with van der Waals surface area (Å²) >= 11 is 0. The molecule has 0 amide bonds. The first-order valence-corrected chi connectivity index (χ1v) is 31.2. The number of carbonyl (C=O) groups is 3. The second kappa shape index (κ2) is 58.5. The van der Waals surface area contributed by atoms with E-state index in [2.05, 4.69) is 154 Å². The molecule has 11 nitrogen and oxygen atoms in total. The molecule has 0 aromatic carbocycles. The Kier molecular flexibility index (Phi) is 55.0. The van der Waals surface area contributed by atoms with Gasteiger partial charge in [0.25, 0.3) is 0 Å². The SMILES string of the molecule is CC/C=C\C/C=C\C/C=C\C/C=C\C/C=C\C/C=C\CCC(=O)OCC(COP(=O)(O)OCC(CO)OC(=O)CCCCC/C=C\C/C=C\C/C=C\CC)OC(=O)CCCCCCCC/C=C\C/C=C\C/C=C\CCCCC. The van der Waals surface area contributed by atoms with Crippen LogP contribution >= 0.6 is 7.82 Å². The van der Waals surface area contributed by atoms with Gasteiger partial charge in [-0.05, 0) is 128 Å². The second-order valence-corrected chi connectivity index (χ2v) is 20.5. The van der Waals surface area contributed by atoms with E-state index in [9.17, 15) is 28.9 Å². The summed E-state index contributed by atoms with van der Waals surface area (Å²) in [6.07, 6.45) is 75.3. The molecule has 0 saturated heterocycles. The fourth-order valence-electron chi connectivity index (χ4n) is 7.28. The predicted molar refractivity (Wildman–Crippen MR) is 325 cm³/mol. The first kappa shape index (κ1) is 73.4. The molecule has 0 aliphatic carbocycles. The number of unbranched alkanes of at least 4 members (excludes halogenated alkanes) is 12. The lowest BCUT2D eigenvalue weighted by atomic mass is 10.1. The van der Waals surface area contributed by atoms with E-state index in [1.807, 2.05) is 12.2 Å². The van der Waals surface area contributed by atoms with Crippen molar-refractivity contribution < 1.29 is 52.2 Å². The lowest BCUT2D eigenvalue weighted by Gasteiger charge is -2.21. The van der Waals surface area contributed by atoms with Crippen LogP contribution in [0.3, 0.4) is 0 Å². The molecule has 3 atom stereocenters. The second-order valence-electron chi connectivity index (χ2n) is 19.0. The Bertz CT molecular complexity index is 1860. The van der Waals surface area contributed by atoms with Crippen molar-refractivity contribution in [1.82, 2.24) is 0 Å².